The van der Waals surface area contributed by atoms with Gasteiger partial charge in [0.1, 0.15) is 0 Å². The van der Waals surface area contributed by atoms with Crippen LogP contribution in [-0.2, 0) is 6.42 Å². The Kier molecular flexibility index (Phi) is 2.62. The van der Waals surface area contributed by atoms with E-state index >= 15 is 0 Å². The highest BCUT2D eigenvalue weighted by atomic mass is 16.1. The van der Waals surface area contributed by atoms with Crippen molar-refractivity contribution in [3.05, 3.63) is 52.0 Å². The van der Waals surface area contributed by atoms with Crippen molar-refractivity contribution in [2.75, 3.05) is 19.6 Å². The number of allylic oxidation sites excluding steroid dienone is 1. The van der Waals surface area contributed by atoms with E-state index in [0.29, 0.717) is 12.0 Å². The minimum atomic E-state index is 0.203. The summed E-state index contributed by atoms with van der Waals surface area (Å²) in [6.45, 7) is 3.47. The van der Waals surface area contributed by atoms with Crippen molar-refractivity contribution in [1.29, 1.82) is 0 Å². The van der Waals surface area contributed by atoms with Crippen molar-refractivity contribution in [3.63, 3.8) is 0 Å². The molecule has 1 aromatic carbocycles. The number of fused-ring (bicyclic) bond motifs is 3. The first-order valence-electron chi connectivity index (χ1n) is 8.37. The Morgan fingerprint density at radius 3 is 2.77 bits per heavy atom. The summed E-state index contributed by atoms with van der Waals surface area (Å²) in [4.78, 5) is 15.6. The van der Waals surface area contributed by atoms with E-state index < -0.39 is 0 Å². The van der Waals surface area contributed by atoms with Crippen LogP contribution in [0.15, 0.2) is 35.3 Å². The second-order valence-electron chi connectivity index (χ2n) is 6.95. The molecule has 0 unspecified atom stereocenters. The van der Waals surface area contributed by atoms with Gasteiger partial charge in [-0.3, -0.25) is 4.79 Å². The van der Waals surface area contributed by atoms with Crippen molar-refractivity contribution in [1.82, 2.24) is 9.47 Å². The molecule has 0 saturated carbocycles. The molecule has 4 heterocycles. The second kappa shape index (κ2) is 4.56. The van der Waals surface area contributed by atoms with Crippen LogP contribution in [-0.4, -0.2) is 29.1 Å². The third-order valence-corrected chi connectivity index (χ3v) is 5.79. The fourth-order valence-electron chi connectivity index (χ4n) is 4.64. The highest BCUT2D eigenvalue weighted by molar-refractivity contribution is 5.94. The van der Waals surface area contributed by atoms with Gasteiger partial charge in [-0.15, -0.1) is 0 Å². The van der Waals surface area contributed by atoms with Gasteiger partial charge in [0.05, 0.1) is 6.04 Å². The molecule has 3 aliphatic heterocycles. The van der Waals surface area contributed by atoms with Gasteiger partial charge in [0.25, 0.3) is 5.56 Å². The van der Waals surface area contributed by atoms with Crippen LogP contribution in [0.5, 0.6) is 0 Å². The first kappa shape index (κ1) is 12.7. The van der Waals surface area contributed by atoms with Crippen molar-refractivity contribution in [2.24, 2.45) is 5.92 Å². The topological polar surface area (TPSA) is 25.2 Å². The Morgan fingerprint density at radius 1 is 1.14 bits per heavy atom. The molecule has 2 aromatic rings. The molecule has 2 bridgehead atoms. The number of aromatic nitrogens is 1. The molecule has 0 amide bonds. The zero-order chi connectivity index (χ0) is 14.7. The fourth-order valence-corrected chi connectivity index (χ4v) is 4.64. The molecule has 3 fully saturated rings. The van der Waals surface area contributed by atoms with Crippen LogP contribution < -0.4 is 5.56 Å². The predicted molar refractivity (Wildman–Crippen MR) is 89.1 cm³/mol. The summed E-state index contributed by atoms with van der Waals surface area (Å²) in [6, 6.07) is 6.49. The maximum atomic E-state index is 13.1. The molecule has 6 rings (SSSR count). The van der Waals surface area contributed by atoms with Crippen LogP contribution in [0.4, 0.5) is 0 Å². The molecule has 4 aliphatic rings. The second-order valence-corrected chi connectivity index (χ2v) is 6.95. The molecule has 3 nitrogen and oxygen atoms in total. The zero-order valence-corrected chi connectivity index (χ0v) is 12.7. The van der Waals surface area contributed by atoms with E-state index in [1.165, 1.54) is 42.4 Å². The molecule has 0 N–H and O–H groups in total. The third kappa shape index (κ3) is 1.69. The zero-order valence-electron chi connectivity index (χ0n) is 12.7. The van der Waals surface area contributed by atoms with Crippen LogP contribution in [0.3, 0.4) is 0 Å². The maximum absolute atomic E-state index is 13.1. The number of benzene rings is 1. The summed E-state index contributed by atoms with van der Waals surface area (Å²) in [6.07, 6.45) is 9.93. The summed E-state index contributed by atoms with van der Waals surface area (Å²) in [5, 5.41) is 2.07. The normalized spacial score (nSPS) is 29.2. The van der Waals surface area contributed by atoms with E-state index in [1.807, 2.05) is 12.1 Å². The van der Waals surface area contributed by atoms with Crippen LogP contribution in [0.25, 0.3) is 16.8 Å². The lowest BCUT2D eigenvalue weighted by molar-refractivity contribution is 0.0556. The Hall–Kier alpha value is -1.87. The van der Waals surface area contributed by atoms with Gasteiger partial charge in [0.15, 0.2) is 0 Å². The van der Waals surface area contributed by atoms with Gasteiger partial charge in [-0.25, -0.2) is 0 Å². The van der Waals surface area contributed by atoms with E-state index in [-0.39, 0.29) is 5.56 Å². The summed E-state index contributed by atoms with van der Waals surface area (Å²) in [5.41, 5.74) is 2.70. The standard InChI is InChI=1S/C19H20N2O/c22-19-16-6-2-4-14-3-1-5-15(18(14)16)11-21(19)17-12-20-9-7-13(17)8-10-20/h1-4,6,11,13,17H,5,7-10,12H2/t17-/m1/s1. The van der Waals surface area contributed by atoms with E-state index in [4.69, 9.17) is 0 Å². The van der Waals surface area contributed by atoms with Crippen LogP contribution >= 0.6 is 0 Å². The van der Waals surface area contributed by atoms with E-state index in [0.717, 1.165) is 18.4 Å². The monoisotopic (exact) mass is 292 g/mol. The summed E-state index contributed by atoms with van der Waals surface area (Å²) in [5.74, 6) is 0.676. The van der Waals surface area contributed by atoms with Gasteiger partial charge in [-0.2, -0.15) is 0 Å². The Balaban J connectivity index is 1.73. The predicted octanol–water partition coefficient (Wildman–Crippen LogP) is 2.84. The average molecular weight is 292 g/mol. The molecule has 0 spiro atoms. The van der Waals surface area contributed by atoms with Gasteiger partial charge in [-0.05, 0) is 60.8 Å². The average Bonchev–Trinajstić information content (AvgIpc) is 2.59. The minimum Gasteiger partial charge on any atom is -0.310 e. The third-order valence-electron chi connectivity index (χ3n) is 5.79. The summed E-state index contributed by atoms with van der Waals surface area (Å²) in [7, 11) is 0. The number of pyridine rings is 1. The molecule has 1 atom stereocenters. The fraction of sp³-hybridized carbons (Fsp3) is 0.421. The summed E-state index contributed by atoms with van der Waals surface area (Å²) >= 11 is 0. The molecule has 112 valence electrons. The molecule has 3 heteroatoms. The molecule has 3 saturated heterocycles. The number of rotatable bonds is 1. The molecular formula is C19H20N2O. The molecule has 1 aliphatic carbocycles. The van der Waals surface area contributed by atoms with Crippen molar-refractivity contribution in [2.45, 2.75) is 25.3 Å². The Labute approximate surface area is 129 Å². The largest absolute Gasteiger partial charge is 0.310 e. The number of piperidine rings is 3. The van der Waals surface area contributed by atoms with E-state index in [2.05, 4.69) is 33.9 Å². The molecule has 0 radical (unpaired) electrons. The smallest absolute Gasteiger partial charge is 0.258 e. The molecule has 1 aromatic heterocycles. The van der Waals surface area contributed by atoms with Crippen LogP contribution in [0, 0.1) is 5.92 Å². The van der Waals surface area contributed by atoms with E-state index in [9.17, 15) is 4.79 Å². The molecule has 22 heavy (non-hydrogen) atoms. The number of nitrogens with zero attached hydrogens (tertiary/aromatic N) is 2. The summed E-state index contributed by atoms with van der Waals surface area (Å²) < 4.78 is 2.07. The number of hydrogen-bond acceptors (Lipinski definition) is 2. The van der Waals surface area contributed by atoms with Gasteiger partial charge in [0, 0.05) is 18.1 Å². The van der Waals surface area contributed by atoms with Crippen LogP contribution in [0.2, 0.25) is 0 Å². The van der Waals surface area contributed by atoms with Gasteiger partial charge in [0.2, 0.25) is 0 Å². The van der Waals surface area contributed by atoms with Crippen molar-refractivity contribution in [3.8, 4) is 0 Å². The van der Waals surface area contributed by atoms with Gasteiger partial charge >= 0.3 is 0 Å². The van der Waals surface area contributed by atoms with Crippen molar-refractivity contribution >= 4 is 16.8 Å². The Morgan fingerprint density at radius 2 is 2.00 bits per heavy atom. The SMILES string of the molecule is O=c1c2cccc3c2c(cn1[C@@H]1CN2CCC1CC2)CC=C3. The van der Waals surface area contributed by atoms with Gasteiger partial charge < -0.3 is 9.47 Å². The highest BCUT2D eigenvalue weighted by Crippen LogP contribution is 2.36. The lowest BCUT2D eigenvalue weighted by atomic mass is 9.83. The van der Waals surface area contributed by atoms with Gasteiger partial charge in [-0.1, -0.05) is 24.3 Å². The maximum Gasteiger partial charge on any atom is 0.258 e. The molecular weight excluding hydrogens is 272 g/mol. The first-order chi connectivity index (χ1) is 10.8. The van der Waals surface area contributed by atoms with E-state index in [1.54, 1.807) is 0 Å². The first-order valence-corrected chi connectivity index (χ1v) is 8.37. The number of hydrogen-bond donors (Lipinski definition) is 0. The lowest BCUT2D eigenvalue weighted by Gasteiger charge is -2.45. The van der Waals surface area contributed by atoms with Crippen LogP contribution in [0.1, 0.15) is 30.0 Å². The highest BCUT2D eigenvalue weighted by Gasteiger charge is 2.35. The Bertz CT molecular complexity index is 840. The minimum absolute atomic E-state index is 0.203. The lowest BCUT2D eigenvalue weighted by Crippen LogP contribution is -2.50. The quantitative estimate of drug-likeness (QED) is 0.807. The van der Waals surface area contributed by atoms with Crippen molar-refractivity contribution < 1.29 is 0 Å².